The number of fused-ring (bicyclic) bond motifs is 3. The van der Waals surface area contributed by atoms with Crippen LogP contribution < -0.4 is 16.3 Å². The van der Waals surface area contributed by atoms with E-state index in [4.69, 9.17) is 0 Å². The molecule has 0 amide bonds. The van der Waals surface area contributed by atoms with Crippen LogP contribution in [0, 0.1) is 0 Å². The van der Waals surface area contributed by atoms with Crippen LogP contribution in [-0.4, -0.2) is 30.9 Å². The number of hydrazone groups is 1. The van der Waals surface area contributed by atoms with Crippen molar-refractivity contribution in [3.8, 4) is 0 Å². The van der Waals surface area contributed by atoms with Crippen molar-refractivity contribution in [3.63, 3.8) is 0 Å². The lowest BCUT2D eigenvalue weighted by atomic mass is 10.2. The van der Waals surface area contributed by atoms with Crippen molar-refractivity contribution in [2.45, 2.75) is 52.5 Å². The molecule has 2 aromatic rings. The van der Waals surface area contributed by atoms with Gasteiger partial charge in [0.25, 0.3) is 5.56 Å². The minimum Gasteiger partial charge on any atom is -0.294 e. The summed E-state index contributed by atoms with van der Waals surface area (Å²) in [6.07, 6.45) is 4.52. The number of aryl methyl sites for hydroxylation is 1. The molecule has 8 heteroatoms. The van der Waals surface area contributed by atoms with E-state index in [-0.39, 0.29) is 17.3 Å². The summed E-state index contributed by atoms with van der Waals surface area (Å²) in [5, 5.41) is 6.54. The second kappa shape index (κ2) is 6.50. The molecule has 0 N–H and O–H groups in total. The summed E-state index contributed by atoms with van der Waals surface area (Å²) in [6, 6.07) is -0.0721. The maximum atomic E-state index is 12.7. The van der Waals surface area contributed by atoms with Gasteiger partial charge in [-0.05, 0) is 20.3 Å². The first-order chi connectivity index (χ1) is 11.9. The standard InChI is InChI=1S/C17H26N6O2/c1-6-7-8-9-10-22-16-18-14-13(23(16)12(3)11(2)19-22)15(24)21(5)17(25)20(14)4/h12H,6-10H2,1-5H3/t12-/m0/s1. The molecule has 0 radical (unpaired) electrons. The Morgan fingerprint density at radius 1 is 1.08 bits per heavy atom. The maximum Gasteiger partial charge on any atom is 0.332 e. The van der Waals surface area contributed by atoms with Gasteiger partial charge in [0.05, 0.1) is 11.8 Å². The molecule has 0 saturated carbocycles. The molecule has 0 bridgehead atoms. The summed E-state index contributed by atoms with van der Waals surface area (Å²) in [7, 11) is 3.15. The van der Waals surface area contributed by atoms with Gasteiger partial charge in [-0.1, -0.05) is 26.2 Å². The van der Waals surface area contributed by atoms with Crippen LogP contribution in [0.2, 0.25) is 0 Å². The molecule has 1 aliphatic rings. The first-order valence-electron chi connectivity index (χ1n) is 8.89. The van der Waals surface area contributed by atoms with Crippen molar-refractivity contribution in [2.24, 2.45) is 19.2 Å². The van der Waals surface area contributed by atoms with E-state index in [1.807, 2.05) is 23.4 Å². The largest absolute Gasteiger partial charge is 0.332 e. The number of hydrogen-bond donors (Lipinski definition) is 0. The zero-order chi connectivity index (χ0) is 18.3. The van der Waals surface area contributed by atoms with E-state index in [1.54, 1.807) is 7.05 Å². The van der Waals surface area contributed by atoms with Gasteiger partial charge in [-0.25, -0.2) is 9.80 Å². The van der Waals surface area contributed by atoms with Crippen LogP contribution in [0.15, 0.2) is 14.7 Å². The molecule has 0 saturated heterocycles. The van der Waals surface area contributed by atoms with Crippen LogP contribution in [0.4, 0.5) is 5.95 Å². The van der Waals surface area contributed by atoms with Crippen molar-refractivity contribution >= 4 is 22.8 Å². The Labute approximate surface area is 146 Å². The predicted molar refractivity (Wildman–Crippen MR) is 99.5 cm³/mol. The number of hydrogen-bond acceptors (Lipinski definition) is 5. The summed E-state index contributed by atoms with van der Waals surface area (Å²) >= 11 is 0. The molecule has 25 heavy (non-hydrogen) atoms. The van der Waals surface area contributed by atoms with Crippen LogP contribution in [-0.2, 0) is 14.1 Å². The number of aromatic nitrogens is 4. The van der Waals surface area contributed by atoms with Crippen molar-refractivity contribution in [1.29, 1.82) is 0 Å². The van der Waals surface area contributed by atoms with Crippen molar-refractivity contribution in [1.82, 2.24) is 18.7 Å². The third-order valence-corrected chi connectivity index (χ3v) is 5.00. The first-order valence-corrected chi connectivity index (χ1v) is 8.89. The van der Waals surface area contributed by atoms with Gasteiger partial charge >= 0.3 is 5.69 Å². The molecular weight excluding hydrogens is 320 g/mol. The van der Waals surface area contributed by atoms with Gasteiger partial charge in [0.1, 0.15) is 0 Å². The number of imidazole rings is 1. The molecule has 0 spiro atoms. The Hall–Kier alpha value is -2.38. The van der Waals surface area contributed by atoms with Crippen molar-refractivity contribution in [2.75, 3.05) is 11.6 Å². The van der Waals surface area contributed by atoms with Crippen LogP contribution in [0.1, 0.15) is 52.5 Å². The quantitative estimate of drug-likeness (QED) is 0.773. The second-order valence-corrected chi connectivity index (χ2v) is 6.76. The predicted octanol–water partition coefficient (Wildman–Crippen LogP) is 1.77. The van der Waals surface area contributed by atoms with E-state index in [2.05, 4.69) is 17.0 Å². The Bertz CT molecular complexity index is 949. The van der Waals surface area contributed by atoms with E-state index in [0.29, 0.717) is 17.1 Å². The van der Waals surface area contributed by atoms with Crippen LogP contribution in [0.25, 0.3) is 11.2 Å². The van der Waals surface area contributed by atoms with Gasteiger partial charge in [-0.2, -0.15) is 10.1 Å². The van der Waals surface area contributed by atoms with Gasteiger partial charge < -0.3 is 0 Å². The summed E-state index contributed by atoms with van der Waals surface area (Å²) in [6.45, 7) is 6.90. The van der Waals surface area contributed by atoms with Gasteiger partial charge in [-0.3, -0.25) is 18.5 Å². The average molecular weight is 346 g/mol. The Morgan fingerprint density at radius 3 is 2.48 bits per heavy atom. The molecule has 0 aromatic carbocycles. The molecule has 3 heterocycles. The van der Waals surface area contributed by atoms with E-state index >= 15 is 0 Å². The van der Waals surface area contributed by atoms with Crippen molar-refractivity contribution < 1.29 is 0 Å². The molecule has 0 aliphatic carbocycles. The second-order valence-electron chi connectivity index (χ2n) is 6.76. The molecule has 2 aromatic heterocycles. The number of unbranched alkanes of at least 4 members (excludes halogenated alkanes) is 3. The Balaban J connectivity index is 2.16. The van der Waals surface area contributed by atoms with E-state index in [1.165, 1.54) is 24.5 Å². The molecule has 136 valence electrons. The fourth-order valence-corrected chi connectivity index (χ4v) is 3.30. The van der Waals surface area contributed by atoms with Crippen LogP contribution in [0.3, 0.4) is 0 Å². The summed E-state index contributed by atoms with van der Waals surface area (Å²) in [5.41, 5.74) is 1.12. The van der Waals surface area contributed by atoms with Crippen LogP contribution in [0.5, 0.6) is 0 Å². The zero-order valence-electron chi connectivity index (χ0n) is 15.6. The summed E-state index contributed by atoms with van der Waals surface area (Å²) in [5.74, 6) is 0.642. The fraction of sp³-hybridized carbons (Fsp3) is 0.647. The Kier molecular flexibility index (Phi) is 4.53. The first kappa shape index (κ1) is 17.4. The smallest absolute Gasteiger partial charge is 0.294 e. The van der Waals surface area contributed by atoms with Gasteiger partial charge in [0.15, 0.2) is 11.2 Å². The lowest BCUT2D eigenvalue weighted by Crippen LogP contribution is -2.38. The lowest BCUT2D eigenvalue weighted by molar-refractivity contribution is 0.601. The normalized spacial score (nSPS) is 17.1. The average Bonchev–Trinajstić information content (AvgIpc) is 3.00. The topological polar surface area (TPSA) is 77.4 Å². The third kappa shape index (κ3) is 2.69. The van der Waals surface area contributed by atoms with E-state index in [9.17, 15) is 9.59 Å². The SMILES string of the molecule is CCCCCCN1N=C(C)[C@H](C)n2c1nc1c2c(=O)n(C)c(=O)n1C. The molecule has 1 atom stereocenters. The highest BCUT2D eigenvalue weighted by Crippen LogP contribution is 2.29. The summed E-state index contributed by atoms with van der Waals surface area (Å²) in [4.78, 5) is 29.6. The molecule has 8 nitrogen and oxygen atoms in total. The molecule has 0 fully saturated rings. The van der Waals surface area contributed by atoms with Crippen molar-refractivity contribution in [3.05, 3.63) is 20.8 Å². The number of anilines is 1. The molecular formula is C17H26N6O2. The molecule has 0 unspecified atom stereocenters. The number of rotatable bonds is 5. The molecule has 3 rings (SSSR count). The van der Waals surface area contributed by atoms with Gasteiger partial charge in [-0.15, -0.1) is 0 Å². The van der Waals surface area contributed by atoms with E-state index < -0.39 is 0 Å². The number of nitrogens with zero attached hydrogens (tertiary/aromatic N) is 6. The maximum absolute atomic E-state index is 12.7. The van der Waals surface area contributed by atoms with Gasteiger partial charge in [0, 0.05) is 20.6 Å². The highest BCUT2D eigenvalue weighted by Gasteiger charge is 2.29. The van der Waals surface area contributed by atoms with Gasteiger partial charge in [0.2, 0.25) is 5.95 Å². The molecule has 1 aliphatic heterocycles. The Morgan fingerprint density at radius 2 is 1.80 bits per heavy atom. The monoisotopic (exact) mass is 346 g/mol. The summed E-state index contributed by atoms with van der Waals surface area (Å²) < 4.78 is 4.48. The fourth-order valence-electron chi connectivity index (χ4n) is 3.30. The minimum absolute atomic E-state index is 0.0721. The zero-order valence-corrected chi connectivity index (χ0v) is 15.6. The highest BCUT2D eigenvalue weighted by atomic mass is 16.2. The van der Waals surface area contributed by atoms with E-state index in [0.717, 1.165) is 29.7 Å². The lowest BCUT2D eigenvalue weighted by Gasteiger charge is -2.29. The highest BCUT2D eigenvalue weighted by molar-refractivity contribution is 5.90. The minimum atomic E-state index is -0.368. The van der Waals surface area contributed by atoms with Crippen LogP contribution >= 0.6 is 0 Å². The third-order valence-electron chi connectivity index (χ3n) is 5.00.